The van der Waals surface area contributed by atoms with Gasteiger partial charge in [0.15, 0.2) is 0 Å². The van der Waals surface area contributed by atoms with E-state index in [-0.39, 0.29) is 11.7 Å². The first-order valence-corrected chi connectivity index (χ1v) is 10.3. The van der Waals surface area contributed by atoms with Crippen LogP contribution in [0.15, 0.2) is 6.33 Å². The largest absolute Gasteiger partial charge is 0.381 e. The Hall–Kier alpha value is -0.960. The van der Waals surface area contributed by atoms with Gasteiger partial charge in [-0.25, -0.2) is 13.4 Å². The van der Waals surface area contributed by atoms with Crippen LogP contribution in [0, 0.1) is 5.92 Å². The van der Waals surface area contributed by atoms with Crippen LogP contribution in [0.2, 0.25) is 0 Å². The lowest BCUT2D eigenvalue weighted by Crippen LogP contribution is -2.41. The maximum Gasteiger partial charge on any atom is 0.214 e. The first-order valence-electron chi connectivity index (χ1n) is 8.64. The summed E-state index contributed by atoms with van der Waals surface area (Å²) in [6.45, 7) is 5.38. The molecule has 0 unspecified atom stereocenters. The summed E-state index contributed by atoms with van der Waals surface area (Å²) in [5.41, 5.74) is 1.95. The highest BCUT2D eigenvalue weighted by Crippen LogP contribution is 2.29. The van der Waals surface area contributed by atoms with Crippen molar-refractivity contribution >= 4 is 10.0 Å². The Kier molecular flexibility index (Phi) is 5.59. The summed E-state index contributed by atoms with van der Waals surface area (Å²) in [5.74, 6) is 0.691. The fraction of sp³-hybridized carbons (Fsp3) is 0.812. The molecule has 1 saturated heterocycles. The summed E-state index contributed by atoms with van der Waals surface area (Å²) in [6.07, 6.45) is 3.84. The average molecular weight is 357 g/mol. The van der Waals surface area contributed by atoms with Gasteiger partial charge in [0.05, 0.1) is 30.9 Å². The number of aryl methyl sites for hydroxylation is 1. The topological polar surface area (TPSA) is 73.7 Å². The van der Waals surface area contributed by atoms with Crippen molar-refractivity contribution in [3.8, 4) is 0 Å². The van der Waals surface area contributed by atoms with Gasteiger partial charge in [0.2, 0.25) is 10.0 Å². The summed E-state index contributed by atoms with van der Waals surface area (Å²) in [5, 5.41) is 0. The first-order chi connectivity index (χ1) is 11.5. The number of hydrogen-bond donors (Lipinski definition) is 0. The number of sulfonamides is 1. The Balaban J connectivity index is 1.67. The van der Waals surface area contributed by atoms with E-state index in [4.69, 9.17) is 9.47 Å². The monoisotopic (exact) mass is 357 g/mol. The lowest BCUT2D eigenvalue weighted by atomic mass is 10.00. The van der Waals surface area contributed by atoms with E-state index in [2.05, 4.69) is 4.98 Å². The molecule has 3 rings (SSSR count). The van der Waals surface area contributed by atoms with Crippen LogP contribution in [0.1, 0.15) is 37.1 Å². The van der Waals surface area contributed by atoms with Crippen molar-refractivity contribution in [2.75, 3.05) is 38.7 Å². The molecule has 7 nitrogen and oxygen atoms in total. The van der Waals surface area contributed by atoms with Crippen LogP contribution in [0.4, 0.5) is 0 Å². The molecule has 0 spiro atoms. The van der Waals surface area contributed by atoms with E-state index < -0.39 is 10.0 Å². The van der Waals surface area contributed by atoms with Crippen LogP contribution in [0.25, 0.3) is 0 Å². The van der Waals surface area contributed by atoms with Crippen molar-refractivity contribution < 1.29 is 17.9 Å². The third kappa shape index (κ3) is 3.82. The maximum absolute atomic E-state index is 12.3. The number of fused-ring (bicyclic) bond motifs is 1. The van der Waals surface area contributed by atoms with Gasteiger partial charge in [-0.1, -0.05) is 0 Å². The van der Waals surface area contributed by atoms with E-state index in [0.717, 1.165) is 37.4 Å². The van der Waals surface area contributed by atoms with E-state index in [0.29, 0.717) is 32.2 Å². The lowest BCUT2D eigenvalue weighted by molar-refractivity contribution is 0.0150. The van der Waals surface area contributed by atoms with Gasteiger partial charge in [0, 0.05) is 45.0 Å². The van der Waals surface area contributed by atoms with Gasteiger partial charge in [-0.15, -0.1) is 0 Å². The van der Waals surface area contributed by atoms with Gasteiger partial charge in [-0.05, 0) is 25.7 Å². The van der Waals surface area contributed by atoms with E-state index >= 15 is 0 Å². The molecule has 1 fully saturated rings. The molecule has 2 aliphatic rings. The molecule has 8 heteroatoms. The number of imidazole rings is 1. The minimum absolute atomic E-state index is 0.0300. The smallest absolute Gasteiger partial charge is 0.214 e. The number of rotatable bonds is 6. The fourth-order valence-electron chi connectivity index (χ4n) is 3.51. The molecule has 0 amide bonds. The molecule has 0 N–H and O–H groups in total. The normalized spacial score (nSPS) is 23.3. The van der Waals surface area contributed by atoms with Gasteiger partial charge >= 0.3 is 0 Å². The Bertz CT molecular complexity index is 652. The standard InChI is InChI=1S/C16H27N3O4S/c1-3-24(20,21)19-8-14(16-15(9-19)17-12-18(16)2)11-23-10-13-4-6-22-7-5-13/h12-14H,3-11H2,1-2H3/t14-/m1/s1. The highest BCUT2D eigenvalue weighted by molar-refractivity contribution is 7.89. The van der Waals surface area contributed by atoms with Crippen LogP contribution in [0.5, 0.6) is 0 Å². The van der Waals surface area contributed by atoms with Crippen LogP contribution in [-0.2, 0) is 33.1 Å². The second-order valence-corrected chi connectivity index (χ2v) is 8.93. The van der Waals surface area contributed by atoms with Gasteiger partial charge in [0.1, 0.15) is 0 Å². The van der Waals surface area contributed by atoms with Crippen molar-refractivity contribution in [3.63, 3.8) is 0 Å². The molecule has 3 heterocycles. The third-order valence-corrected chi connectivity index (χ3v) is 6.77. The molecular weight excluding hydrogens is 330 g/mol. The van der Waals surface area contributed by atoms with Gasteiger partial charge in [0.25, 0.3) is 0 Å². The molecule has 1 aromatic heterocycles. The van der Waals surface area contributed by atoms with Gasteiger partial charge in [-0.2, -0.15) is 4.31 Å². The van der Waals surface area contributed by atoms with Crippen LogP contribution in [-0.4, -0.2) is 61.0 Å². The molecule has 1 atom stereocenters. The molecule has 0 aliphatic carbocycles. The Morgan fingerprint density at radius 2 is 2.08 bits per heavy atom. The second kappa shape index (κ2) is 7.51. The summed E-state index contributed by atoms with van der Waals surface area (Å²) in [6, 6.07) is 0. The van der Waals surface area contributed by atoms with Gasteiger partial charge in [-0.3, -0.25) is 0 Å². The highest BCUT2D eigenvalue weighted by atomic mass is 32.2. The van der Waals surface area contributed by atoms with E-state index in [1.807, 2.05) is 11.6 Å². The number of nitrogens with zero attached hydrogens (tertiary/aromatic N) is 3. The number of aromatic nitrogens is 2. The molecule has 2 aliphatic heterocycles. The average Bonchev–Trinajstić information content (AvgIpc) is 2.97. The zero-order chi connectivity index (χ0) is 17.2. The highest BCUT2D eigenvalue weighted by Gasteiger charge is 2.34. The second-order valence-electron chi connectivity index (χ2n) is 6.67. The van der Waals surface area contributed by atoms with Crippen molar-refractivity contribution in [1.82, 2.24) is 13.9 Å². The SMILES string of the molecule is CCS(=O)(=O)N1Cc2ncn(C)c2[C@@H](COCC2CCOCC2)C1. The molecule has 0 bridgehead atoms. The Morgan fingerprint density at radius 3 is 2.79 bits per heavy atom. The molecule has 24 heavy (non-hydrogen) atoms. The third-order valence-electron chi connectivity index (χ3n) is 4.97. The summed E-state index contributed by atoms with van der Waals surface area (Å²) in [4.78, 5) is 4.39. The molecule has 0 aromatic carbocycles. The number of hydrogen-bond acceptors (Lipinski definition) is 5. The minimum atomic E-state index is -3.22. The van der Waals surface area contributed by atoms with E-state index in [1.165, 1.54) is 0 Å². The first kappa shape index (κ1) is 17.8. The predicted octanol–water partition coefficient (Wildman–Crippen LogP) is 1.11. The zero-order valence-electron chi connectivity index (χ0n) is 14.5. The maximum atomic E-state index is 12.3. The molecule has 0 radical (unpaired) electrons. The lowest BCUT2D eigenvalue weighted by Gasteiger charge is -2.32. The molecule has 1 aromatic rings. The number of ether oxygens (including phenoxy) is 2. The van der Waals surface area contributed by atoms with Crippen molar-refractivity contribution in [1.29, 1.82) is 0 Å². The fourth-order valence-corrected chi connectivity index (χ4v) is 4.60. The quantitative estimate of drug-likeness (QED) is 0.763. The van der Waals surface area contributed by atoms with Crippen LogP contribution in [0.3, 0.4) is 0 Å². The minimum Gasteiger partial charge on any atom is -0.381 e. The summed E-state index contributed by atoms with van der Waals surface area (Å²) < 4.78 is 39.4. The van der Waals surface area contributed by atoms with Crippen molar-refractivity contribution in [3.05, 3.63) is 17.7 Å². The molecular formula is C16H27N3O4S. The van der Waals surface area contributed by atoms with Crippen molar-refractivity contribution in [2.45, 2.75) is 32.2 Å². The van der Waals surface area contributed by atoms with Crippen molar-refractivity contribution in [2.24, 2.45) is 13.0 Å². The van der Waals surface area contributed by atoms with Crippen LogP contribution >= 0.6 is 0 Å². The van der Waals surface area contributed by atoms with Crippen LogP contribution < -0.4 is 0 Å². The summed E-state index contributed by atoms with van der Waals surface area (Å²) >= 11 is 0. The zero-order valence-corrected chi connectivity index (χ0v) is 15.3. The molecule has 0 saturated carbocycles. The molecule has 136 valence electrons. The summed E-state index contributed by atoms with van der Waals surface area (Å²) in [7, 11) is -1.26. The predicted molar refractivity (Wildman–Crippen MR) is 90.2 cm³/mol. The van der Waals surface area contributed by atoms with E-state index in [9.17, 15) is 8.42 Å². The Morgan fingerprint density at radius 1 is 1.33 bits per heavy atom. The van der Waals surface area contributed by atoms with Gasteiger partial charge < -0.3 is 14.0 Å². The van der Waals surface area contributed by atoms with E-state index in [1.54, 1.807) is 17.6 Å². The Labute approximate surface area is 144 Å².